The van der Waals surface area contributed by atoms with Gasteiger partial charge in [0.1, 0.15) is 6.29 Å². The van der Waals surface area contributed by atoms with Crippen LogP contribution in [0.25, 0.3) is 0 Å². The highest BCUT2D eigenvalue weighted by Gasteiger charge is 2.42. The van der Waals surface area contributed by atoms with Gasteiger partial charge in [-0.15, -0.1) is 23.5 Å². The van der Waals surface area contributed by atoms with Crippen LogP contribution in [0.15, 0.2) is 0 Å². The lowest BCUT2D eigenvalue weighted by Gasteiger charge is -2.23. The predicted octanol–water partition coefficient (Wildman–Crippen LogP) is 0.931. The van der Waals surface area contributed by atoms with Crippen molar-refractivity contribution in [3.05, 3.63) is 0 Å². The van der Waals surface area contributed by atoms with E-state index in [4.69, 9.17) is 0 Å². The summed E-state index contributed by atoms with van der Waals surface area (Å²) in [5, 5.41) is 1.03. The van der Waals surface area contributed by atoms with E-state index < -0.39 is 0 Å². The summed E-state index contributed by atoms with van der Waals surface area (Å²) in [5.74, 6) is 2.98. The maximum atomic E-state index is 10.7. The molecule has 0 bridgehead atoms. The molecular formula is C7H11NOS3. The number of hydrogen-bond acceptors (Lipinski definition) is 5. The number of fused-ring (bicyclic) bond motifs is 1. The van der Waals surface area contributed by atoms with E-state index in [0.29, 0.717) is 10.7 Å². The van der Waals surface area contributed by atoms with E-state index in [-0.39, 0.29) is 6.04 Å². The summed E-state index contributed by atoms with van der Waals surface area (Å²) in [6.07, 6.45) is 1.08. The summed E-state index contributed by atoms with van der Waals surface area (Å²) < 4.78 is 0. The van der Waals surface area contributed by atoms with Gasteiger partial charge in [0.25, 0.3) is 0 Å². The molecule has 5 heteroatoms. The number of thiol groups is 1. The van der Waals surface area contributed by atoms with E-state index in [2.05, 4.69) is 17.5 Å². The van der Waals surface area contributed by atoms with Gasteiger partial charge < -0.3 is 4.79 Å². The monoisotopic (exact) mass is 221 g/mol. The summed E-state index contributed by atoms with van der Waals surface area (Å²) >= 11 is 8.12. The highest BCUT2D eigenvalue weighted by atomic mass is 32.2. The molecular weight excluding hydrogens is 210 g/mol. The highest BCUT2D eigenvalue weighted by molar-refractivity contribution is 8.05. The number of carbonyl (C=O) groups excluding carboxylic acids is 1. The number of thioether (sulfide) groups is 2. The second-order valence-corrected chi connectivity index (χ2v) is 5.70. The molecule has 0 aromatic heterocycles. The van der Waals surface area contributed by atoms with Crippen LogP contribution in [-0.2, 0) is 4.79 Å². The van der Waals surface area contributed by atoms with Crippen LogP contribution in [0.4, 0.5) is 0 Å². The number of aldehydes is 1. The second kappa shape index (κ2) is 3.82. The molecule has 0 amide bonds. The van der Waals surface area contributed by atoms with Crippen molar-refractivity contribution in [2.24, 2.45) is 0 Å². The largest absolute Gasteiger partial charge is 0.302 e. The fourth-order valence-electron chi connectivity index (χ4n) is 1.66. The van der Waals surface area contributed by atoms with Gasteiger partial charge in [0.2, 0.25) is 0 Å². The molecule has 12 heavy (non-hydrogen) atoms. The SMILES string of the molecule is O=C[C@H]1CS[C@@H]2CS[C@@H](CS)N12. The zero-order valence-corrected chi connectivity index (χ0v) is 9.08. The standard InChI is InChI=1S/C7H11NOS3/c9-1-5-3-11-7-4-12-6(2-10)8(5)7/h1,5-7,10H,2-4H2/t5-,6-,7+/m0/s1. The van der Waals surface area contributed by atoms with Gasteiger partial charge in [-0.05, 0) is 0 Å². The average molecular weight is 221 g/mol. The van der Waals surface area contributed by atoms with E-state index in [1.54, 1.807) is 0 Å². The normalized spacial score (nSPS) is 41.6. The third-order valence-electron chi connectivity index (χ3n) is 2.25. The van der Waals surface area contributed by atoms with Crippen LogP contribution in [0.5, 0.6) is 0 Å². The van der Waals surface area contributed by atoms with Crippen LogP contribution in [-0.4, -0.2) is 45.2 Å². The highest BCUT2D eigenvalue weighted by Crippen LogP contribution is 2.41. The minimum atomic E-state index is 0.146. The van der Waals surface area contributed by atoms with Crippen LogP contribution in [0.1, 0.15) is 0 Å². The summed E-state index contributed by atoms with van der Waals surface area (Å²) in [7, 11) is 0. The number of carbonyl (C=O) groups is 1. The smallest absolute Gasteiger partial charge is 0.138 e. The molecule has 0 saturated carbocycles. The van der Waals surface area contributed by atoms with E-state index >= 15 is 0 Å². The van der Waals surface area contributed by atoms with Gasteiger partial charge in [0.15, 0.2) is 0 Å². The Hall–Kier alpha value is 0.680. The Balaban J connectivity index is 2.10. The maximum Gasteiger partial charge on any atom is 0.138 e. The van der Waals surface area contributed by atoms with E-state index in [1.165, 1.54) is 0 Å². The first-order valence-corrected chi connectivity index (χ1v) is 6.66. The zero-order valence-electron chi connectivity index (χ0n) is 6.55. The van der Waals surface area contributed by atoms with E-state index in [9.17, 15) is 4.79 Å². The van der Waals surface area contributed by atoms with E-state index in [0.717, 1.165) is 23.5 Å². The molecule has 0 unspecified atom stereocenters. The molecule has 0 aromatic rings. The van der Waals surface area contributed by atoms with Gasteiger partial charge in [-0.3, -0.25) is 4.90 Å². The lowest BCUT2D eigenvalue weighted by Crippen LogP contribution is -2.40. The van der Waals surface area contributed by atoms with Crippen LogP contribution in [0.3, 0.4) is 0 Å². The predicted molar refractivity (Wildman–Crippen MR) is 58.0 cm³/mol. The third-order valence-corrected chi connectivity index (χ3v) is 5.69. The third kappa shape index (κ3) is 1.41. The van der Waals surface area contributed by atoms with Crippen molar-refractivity contribution in [3.63, 3.8) is 0 Å². The van der Waals surface area contributed by atoms with Crippen molar-refractivity contribution in [1.82, 2.24) is 4.90 Å². The van der Waals surface area contributed by atoms with Crippen molar-refractivity contribution in [3.8, 4) is 0 Å². The summed E-state index contributed by atoms with van der Waals surface area (Å²) in [6.45, 7) is 0. The molecule has 2 heterocycles. The molecule has 0 radical (unpaired) electrons. The van der Waals surface area contributed by atoms with Crippen LogP contribution in [0.2, 0.25) is 0 Å². The summed E-state index contributed by atoms with van der Waals surface area (Å²) in [5.41, 5.74) is 0. The lowest BCUT2D eigenvalue weighted by molar-refractivity contribution is -0.111. The van der Waals surface area contributed by atoms with Gasteiger partial charge in [-0.25, -0.2) is 0 Å². The topological polar surface area (TPSA) is 20.3 Å². The Bertz CT molecular complexity index is 189. The molecule has 0 aliphatic carbocycles. The summed E-state index contributed by atoms with van der Waals surface area (Å²) in [4.78, 5) is 13.0. The van der Waals surface area contributed by atoms with Gasteiger partial charge in [0, 0.05) is 17.3 Å². The minimum absolute atomic E-state index is 0.146. The number of rotatable bonds is 2. The molecule has 2 rings (SSSR count). The van der Waals surface area contributed by atoms with Gasteiger partial charge >= 0.3 is 0 Å². The zero-order chi connectivity index (χ0) is 8.55. The molecule has 0 N–H and O–H groups in total. The molecule has 2 saturated heterocycles. The quantitative estimate of drug-likeness (QED) is 0.553. The van der Waals surface area contributed by atoms with Crippen molar-refractivity contribution >= 4 is 42.4 Å². The molecule has 68 valence electrons. The van der Waals surface area contributed by atoms with Crippen molar-refractivity contribution in [1.29, 1.82) is 0 Å². The van der Waals surface area contributed by atoms with Gasteiger partial charge in [0.05, 0.1) is 16.8 Å². The Morgan fingerprint density at radius 3 is 3.00 bits per heavy atom. The van der Waals surface area contributed by atoms with Crippen LogP contribution >= 0.6 is 36.2 Å². The number of nitrogens with zero attached hydrogens (tertiary/aromatic N) is 1. The molecule has 0 aromatic carbocycles. The summed E-state index contributed by atoms with van der Waals surface area (Å²) in [6, 6.07) is 0.146. The first-order valence-electron chi connectivity index (χ1n) is 3.93. The Morgan fingerprint density at radius 2 is 2.33 bits per heavy atom. The van der Waals surface area contributed by atoms with Crippen LogP contribution in [0, 0.1) is 0 Å². The van der Waals surface area contributed by atoms with Gasteiger partial charge in [-0.2, -0.15) is 12.6 Å². The average Bonchev–Trinajstić information content (AvgIpc) is 2.62. The molecule has 0 spiro atoms. The maximum absolute atomic E-state index is 10.7. The lowest BCUT2D eigenvalue weighted by atomic mass is 10.3. The van der Waals surface area contributed by atoms with Crippen molar-refractivity contribution < 1.29 is 4.79 Å². The molecule has 3 atom stereocenters. The fraction of sp³-hybridized carbons (Fsp3) is 0.857. The Labute approximate surface area is 86.2 Å². The van der Waals surface area contributed by atoms with Crippen molar-refractivity contribution in [2.45, 2.75) is 16.8 Å². The van der Waals surface area contributed by atoms with Crippen LogP contribution < -0.4 is 0 Å². The fourth-order valence-corrected chi connectivity index (χ4v) is 5.15. The number of hydrogen-bond donors (Lipinski definition) is 1. The second-order valence-electron chi connectivity index (χ2n) is 2.91. The molecule has 2 aliphatic rings. The Kier molecular flexibility index (Phi) is 2.94. The first-order chi connectivity index (χ1) is 5.86. The molecule has 2 nitrogen and oxygen atoms in total. The van der Waals surface area contributed by atoms with Crippen molar-refractivity contribution in [2.75, 3.05) is 17.3 Å². The van der Waals surface area contributed by atoms with Gasteiger partial charge in [-0.1, -0.05) is 0 Å². The van der Waals surface area contributed by atoms with E-state index in [1.807, 2.05) is 23.5 Å². The molecule has 2 aliphatic heterocycles. The molecule has 2 fully saturated rings. The Morgan fingerprint density at radius 1 is 1.50 bits per heavy atom. The first kappa shape index (κ1) is 9.24. The minimum Gasteiger partial charge on any atom is -0.302 e.